The first-order valence-electron chi connectivity index (χ1n) is 6.87. The van der Waals surface area contributed by atoms with Crippen molar-refractivity contribution in [2.24, 2.45) is 5.14 Å². The predicted octanol–water partition coefficient (Wildman–Crippen LogP) is 1.98. The molecule has 0 unspecified atom stereocenters. The minimum absolute atomic E-state index is 0.0432. The molecule has 0 aliphatic carbocycles. The number of nitrogens with two attached hydrogens (primary N) is 1. The number of anilines is 1. The molecule has 0 radical (unpaired) electrons. The quantitative estimate of drug-likeness (QED) is 0.764. The predicted molar refractivity (Wildman–Crippen MR) is 84.9 cm³/mol. The summed E-state index contributed by atoms with van der Waals surface area (Å²) in [6, 6.07) is 7.97. The fraction of sp³-hybridized carbons (Fsp3) is 0.133. The highest BCUT2D eigenvalue weighted by Crippen LogP contribution is 2.17. The van der Waals surface area contributed by atoms with Crippen LogP contribution in [0.15, 0.2) is 47.4 Å². The number of sulfonamides is 1. The summed E-state index contributed by atoms with van der Waals surface area (Å²) in [6.07, 6.45) is 0.472. The Morgan fingerprint density at radius 1 is 1.04 bits per heavy atom. The second-order valence-corrected chi connectivity index (χ2v) is 6.54. The molecule has 0 aliphatic heterocycles. The molecule has 0 heterocycles. The number of hydrogen-bond donors (Lipinski definition) is 3. The fourth-order valence-corrected chi connectivity index (χ4v) is 2.51. The molecule has 2 aromatic carbocycles. The van der Waals surface area contributed by atoms with Gasteiger partial charge in [-0.2, -0.15) is 0 Å². The molecule has 0 saturated heterocycles. The Morgan fingerprint density at radius 2 is 1.71 bits per heavy atom. The Hall–Kier alpha value is -2.52. The van der Waals surface area contributed by atoms with Gasteiger partial charge in [-0.05, 0) is 42.3 Å². The van der Waals surface area contributed by atoms with Gasteiger partial charge in [0.25, 0.3) is 0 Å². The molecule has 0 fully saturated rings. The third kappa shape index (κ3) is 5.28. The lowest BCUT2D eigenvalue weighted by molar-refractivity contribution is 0.252. The van der Waals surface area contributed by atoms with Crippen LogP contribution in [0.5, 0.6) is 0 Å². The van der Waals surface area contributed by atoms with E-state index in [4.69, 9.17) is 5.14 Å². The average molecular weight is 355 g/mol. The van der Waals surface area contributed by atoms with Crippen molar-refractivity contribution in [2.75, 3.05) is 11.9 Å². The molecule has 6 nitrogen and oxygen atoms in total. The van der Waals surface area contributed by atoms with Crippen LogP contribution >= 0.6 is 0 Å². The summed E-state index contributed by atoms with van der Waals surface area (Å²) >= 11 is 0. The Labute approximate surface area is 137 Å². The van der Waals surface area contributed by atoms with Crippen LogP contribution in [0.25, 0.3) is 0 Å². The van der Waals surface area contributed by atoms with Gasteiger partial charge in [0.15, 0.2) is 0 Å². The van der Waals surface area contributed by atoms with E-state index in [1.54, 1.807) is 12.1 Å². The van der Waals surface area contributed by atoms with E-state index in [1.807, 2.05) is 0 Å². The topological polar surface area (TPSA) is 101 Å². The van der Waals surface area contributed by atoms with Crippen LogP contribution in [0.3, 0.4) is 0 Å². The maximum absolute atomic E-state index is 13.4. The van der Waals surface area contributed by atoms with Crippen LogP contribution in [0, 0.1) is 11.6 Å². The molecule has 0 spiro atoms. The zero-order valence-electron chi connectivity index (χ0n) is 12.4. The van der Waals surface area contributed by atoms with Gasteiger partial charge in [0.05, 0.1) is 4.90 Å². The summed E-state index contributed by atoms with van der Waals surface area (Å²) in [5.41, 5.74) is 0.789. The summed E-state index contributed by atoms with van der Waals surface area (Å²) in [5, 5.41) is 9.78. The Kier molecular flexibility index (Phi) is 5.47. The van der Waals surface area contributed by atoms with Crippen molar-refractivity contribution in [3.63, 3.8) is 0 Å². The van der Waals surface area contributed by atoms with Gasteiger partial charge in [-0.3, -0.25) is 0 Å². The van der Waals surface area contributed by atoms with Crippen molar-refractivity contribution in [2.45, 2.75) is 11.3 Å². The van der Waals surface area contributed by atoms with Crippen LogP contribution < -0.4 is 15.8 Å². The van der Waals surface area contributed by atoms with Crippen LogP contribution in [-0.4, -0.2) is 21.0 Å². The van der Waals surface area contributed by atoms with Gasteiger partial charge in [-0.1, -0.05) is 12.1 Å². The molecule has 2 aromatic rings. The summed E-state index contributed by atoms with van der Waals surface area (Å²) in [6.45, 7) is 0.259. The Bertz CT molecular complexity index is 840. The first-order valence-corrected chi connectivity index (χ1v) is 8.41. The second-order valence-electron chi connectivity index (χ2n) is 4.98. The van der Waals surface area contributed by atoms with E-state index >= 15 is 0 Å². The van der Waals surface area contributed by atoms with E-state index in [1.165, 1.54) is 12.1 Å². The zero-order valence-corrected chi connectivity index (χ0v) is 13.2. The summed E-state index contributed by atoms with van der Waals surface area (Å²) in [4.78, 5) is 11.3. The van der Waals surface area contributed by atoms with Crippen molar-refractivity contribution in [3.8, 4) is 0 Å². The van der Waals surface area contributed by atoms with Crippen molar-refractivity contribution in [3.05, 3.63) is 59.7 Å². The number of urea groups is 1. The molecular formula is C15H15F2N3O3S. The Morgan fingerprint density at radius 3 is 2.33 bits per heavy atom. The van der Waals surface area contributed by atoms with E-state index in [-0.39, 0.29) is 18.0 Å². The highest BCUT2D eigenvalue weighted by atomic mass is 32.2. The third-order valence-electron chi connectivity index (χ3n) is 3.07. The van der Waals surface area contributed by atoms with Gasteiger partial charge >= 0.3 is 6.03 Å². The minimum atomic E-state index is -4.08. The molecule has 4 N–H and O–H groups in total. The lowest BCUT2D eigenvalue weighted by Crippen LogP contribution is -2.30. The number of hydrogen-bond acceptors (Lipinski definition) is 3. The lowest BCUT2D eigenvalue weighted by Gasteiger charge is -2.09. The zero-order chi connectivity index (χ0) is 17.7. The van der Waals surface area contributed by atoms with Crippen LogP contribution in [0.1, 0.15) is 5.56 Å². The standard InChI is InChI=1S/C15H15F2N3O3S/c16-11-3-1-10(2-4-11)5-6-19-15(21)20-13-7-12(17)8-14(9-13)24(18,22)23/h1-4,7-9H,5-6H2,(H2,18,22,23)(H2,19,20,21). The smallest absolute Gasteiger partial charge is 0.319 e. The van der Waals surface area contributed by atoms with Crippen molar-refractivity contribution < 1.29 is 22.0 Å². The van der Waals surface area contributed by atoms with Gasteiger partial charge in [0, 0.05) is 12.2 Å². The molecule has 2 rings (SSSR count). The van der Waals surface area contributed by atoms with E-state index in [0.717, 1.165) is 23.8 Å². The van der Waals surface area contributed by atoms with Gasteiger partial charge in [-0.25, -0.2) is 27.1 Å². The normalized spacial score (nSPS) is 11.1. The average Bonchev–Trinajstić information content (AvgIpc) is 2.48. The maximum Gasteiger partial charge on any atom is 0.319 e. The molecule has 0 bridgehead atoms. The maximum atomic E-state index is 13.4. The van der Waals surface area contributed by atoms with Gasteiger partial charge in [0.1, 0.15) is 11.6 Å². The minimum Gasteiger partial charge on any atom is -0.338 e. The van der Waals surface area contributed by atoms with Crippen molar-refractivity contribution >= 4 is 21.7 Å². The number of halogens is 2. The number of carbonyl (C=O) groups excluding carboxylic acids is 1. The largest absolute Gasteiger partial charge is 0.338 e. The molecule has 0 atom stereocenters. The number of rotatable bonds is 5. The number of carbonyl (C=O) groups is 1. The van der Waals surface area contributed by atoms with Gasteiger partial charge in [0.2, 0.25) is 10.0 Å². The third-order valence-corrected chi connectivity index (χ3v) is 3.96. The number of amides is 2. The molecule has 24 heavy (non-hydrogen) atoms. The molecule has 2 amide bonds. The van der Waals surface area contributed by atoms with E-state index < -0.39 is 26.8 Å². The van der Waals surface area contributed by atoms with E-state index in [0.29, 0.717) is 6.42 Å². The molecule has 0 saturated carbocycles. The summed E-state index contributed by atoms with van der Waals surface area (Å²) in [5.74, 6) is -1.19. The summed E-state index contributed by atoms with van der Waals surface area (Å²) in [7, 11) is -4.08. The van der Waals surface area contributed by atoms with E-state index in [2.05, 4.69) is 10.6 Å². The van der Waals surface area contributed by atoms with Gasteiger partial charge < -0.3 is 10.6 Å². The first-order chi connectivity index (χ1) is 11.2. The highest BCUT2D eigenvalue weighted by molar-refractivity contribution is 7.89. The lowest BCUT2D eigenvalue weighted by atomic mass is 10.1. The molecule has 9 heteroatoms. The molecule has 0 aliphatic rings. The van der Waals surface area contributed by atoms with Crippen LogP contribution in [-0.2, 0) is 16.4 Å². The highest BCUT2D eigenvalue weighted by Gasteiger charge is 2.12. The second kappa shape index (κ2) is 7.37. The monoisotopic (exact) mass is 355 g/mol. The SMILES string of the molecule is NS(=O)(=O)c1cc(F)cc(NC(=O)NCCc2ccc(F)cc2)c1. The van der Waals surface area contributed by atoms with Gasteiger partial charge in [-0.15, -0.1) is 0 Å². The Balaban J connectivity index is 1.92. The molecule has 128 valence electrons. The number of benzene rings is 2. The fourth-order valence-electron chi connectivity index (χ4n) is 1.95. The van der Waals surface area contributed by atoms with E-state index in [9.17, 15) is 22.0 Å². The van der Waals surface area contributed by atoms with Crippen molar-refractivity contribution in [1.82, 2.24) is 5.32 Å². The first kappa shape index (κ1) is 17.8. The number of primary sulfonamides is 1. The summed E-state index contributed by atoms with van der Waals surface area (Å²) < 4.78 is 48.6. The van der Waals surface area contributed by atoms with Crippen molar-refractivity contribution in [1.29, 1.82) is 0 Å². The molecular weight excluding hydrogens is 340 g/mol. The molecule has 0 aromatic heterocycles. The van der Waals surface area contributed by atoms with Crippen LogP contribution in [0.2, 0.25) is 0 Å². The number of nitrogens with one attached hydrogen (secondary N) is 2. The van der Waals surface area contributed by atoms with Crippen LogP contribution in [0.4, 0.5) is 19.3 Å².